The van der Waals surface area contributed by atoms with Crippen molar-refractivity contribution in [3.63, 3.8) is 0 Å². The highest BCUT2D eigenvalue weighted by Gasteiger charge is 2.03. The molecule has 0 heterocycles. The Morgan fingerprint density at radius 1 is 1.11 bits per heavy atom. The summed E-state index contributed by atoms with van der Waals surface area (Å²) in [7, 11) is 0. The average molecular weight is 253 g/mol. The lowest BCUT2D eigenvalue weighted by Crippen LogP contribution is -1.94. The van der Waals surface area contributed by atoms with Crippen molar-refractivity contribution in [2.45, 2.75) is 0 Å². The van der Waals surface area contributed by atoms with Crippen molar-refractivity contribution < 1.29 is 4.74 Å². The molecule has 0 aliphatic rings. The van der Waals surface area contributed by atoms with Crippen molar-refractivity contribution in [1.29, 1.82) is 0 Å². The summed E-state index contributed by atoms with van der Waals surface area (Å²) in [5.74, 6) is 0.597. The molecule has 0 saturated carbocycles. The van der Waals surface area contributed by atoms with Crippen molar-refractivity contribution in [3.05, 3.63) is 61.2 Å². The fraction of sp³-hybridized carbons (Fsp3) is 0.0667. The van der Waals surface area contributed by atoms with E-state index < -0.39 is 0 Å². The second kappa shape index (κ2) is 6.35. The van der Waals surface area contributed by atoms with Gasteiger partial charge in [0.15, 0.2) is 0 Å². The molecule has 0 fully saturated rings. The largest absolute Gasteiger partial charge is 0.487 e. The van der Waals surface area contributed by atoms with Gasteiger partial charge in [0.05, 0.1) is 5.69 Å². The number of nitrogens with two attached hydrogens (primary N) is 1. The Morgan fingerprint density at radius 3 is 2.63 bits per heavy atom. The summed E-state index contributed by atoms with van der Waals surface area (Å²) in [5, 5.41) is 8.33. The van der Waals surface area contributed by atoms with Crippen LogP contribution in [0.5, 0.6) is 5.75 Å². The third-order valence-electron chi connectivity index (χ3n) is 2.37. The van der Waals surface area contributed by atoms with Crippen LogP contribution in [0.25, 0.3) is 0 Å². The molecule has 0 saturated heterocycles. The fourth-order valence-corrected chi connectivity index (χ4v) is 1.48. The maximum absolute atomic E-state index is 5.73. The molecule has 19 heavy (non-hydrogen) atoms. The zero-order valence-corrected chi connectivity index (χ0v) is 10.5. The molecule has 4 heteroatoms. The highest BCUT2D eigenvalue weighted by molar-refractivity contribution is 5.59. The Labute approximate surface area is 112 Å². The zero-order chi connectivity index (χ0) is 13.5. The Hall–Kier alpha value is -2.62. The molecule has 0 bridgehead atoms. The van der Waals surface area contributed by atoms with Gasteiger partial charge in [-0.2, -0.15) is 5.11 Å². The molecular formula is C15H15N3O. The second-order valence-electron chi connectivity index (χ2n) is 3.86. The van der Waals surface area contributed by atoms with Crippen LogP contribution in [0.15, 0.2) is 71.4 Å². The van der Waals surface area contributed by atoms with Crippen molar-refractivity contribution >= 4 is 17.1 Å². The number of nitrogens with zero attached hydrogens (tertiary/aromatic N) is 2. The molecule has 4 nitrogen and oxygen atoms in total. The lowest BCUT2D eigenvalue weighted by Gasteiger charge is -2.06. The molecule has 0 radical (unpaired) electrons. The molecule has 2 aromatic rings. The van der Waals surface area contributed by atoms with Gasteiger partial charge in [-0.15, -0.1) is 5.11 Å². The zero-order valence-electron chi connectivity index (χ0n) is 10.5. The van der Waals surface area contributed by atoms with Crippen LogP contribution in [-0.2, 0) is 0 Å². The van der Waals surface area contributed by atoms with Gasteiger partial charge in [0.1, 0.15) is 18.0 Å². The van der Waals surface area contributed by atoms with Crippen LogP contribution in [0.2, 0.25) is 0 Å². The predicted molar refractivity (Wildman–Crippen MR) is 77.2 cm³/mol. The third-order valence-corrected chi connectivity index (χ3v) is 2.37. The quantitative estimate of drug-likeness (QED) is 0.492. The summed E-state index contributed by atoms with van der Waals surface area (Å²) in [5.41, 5.74) is 7.78. The number of ether oxygens (including phenoxy) is 1. The predicted octanol–water partition coefficient (Wildman–Crippen LogP) is 4.25. The van der Waals surface area contributed by atoms with E-state index in [4.69, 9.17) is 10.5 Å². The smallest absolute Gasteiger partial charge is 0.149 e. The summed E-state index contributed by atoms with van der Waals surface area (Å²) in [6.45, 7) is 4.01. The van der Waals surface area contributed by atoms with Crippen LogP contribution in [0.4, 0.5) is 17.1 Å². The number of azo groups is 1. The molecule has 96 valence electrons. The van der Waals surface area contributed by atoms with Crippen LogP contribution in [0, 0.1) is 0 Å². The molecule has 2 rings (SSSR count). The van der Waals surface area contributed by atoms with Crippen molar-refractivity contribution in [2.24, 2.45) is 10.2 Å². The Morgan fingerprint density at radius 2 is 1.89 bits per heavy atom. The van der Waals surface area contributed by atoms with Gasteiger partial charge in [-0.25, -0.2) is 0 Å². The first-order valence-corrected chi connectivity index (χ1v) is 5.89. The van der Waals surface area contributed by atoms with Crippen molar-refractivity contribution in [2.75, 3.05) is 12.3 Å². The monoisotopic (exact) mass is 253 g/mol. The maximum atomic E-state index is 5.73. The normalized spacial score (nSPS) is 10.5. The second-order valence-corrected chi connectivity index (χ2v) is 3.86. The molecule has 2 N–H and O–H groups in total. The van der Waals surface area contributed by atoms with E-state index in [0.29, 0.717) is 23.7 Å². The van der Waals surface area contributed by atoms with Gasteiger partial charge in [-0.05, 0) is 24.3 Å². The molecule has 0 aliphatic carbocycles. The summed E-state index contributed by atoms with van der Waals surface area (Å²) in [4.78, 5) is 0. The first kappa shape index (κ1) is 12.8. The summed E-state index contributed by atoms with van der Waals surface area (Å²) in [6.07, 6.45) is 1.67. The number of anilines is 1. The standard InChI is InChI=1S/C15H15N3O/c1-2-10-19-15-11-12(16)8-9-14(15)18-17-13-6-4-3-5-7-13/h2-9,11H,1,10,16H2. The molecule has 0 spiro atoms. The number of nitrogen functional groups attached to an aromatic ring is 1. The van der Waals surface area contributed by atoms with Gasteiger partial charge in [0, 0.05) is 11.8 Å². The van der Waals surface area contributed by atoms with E-state index in [1.165, 1.54) is 0 Å². The molecule has 2 aromatic carbocycles. The number of rotatable bonds is 5. The van der Waals surface area contributed by atoms with Crippen molar-refractivity contribution in [3.8, 4) is 5.75 Å². The molecule has 0 atom stereocenters. The average Bonchev–Trinajstić information content (AvgIpc) is 2.45. The minimum Gasteiger partial charge on any atom is -0.487 e. The lowest BCUT2D eigenvalue weighted by molar-refractivity contribution is 0.364. The Kier molecular flexibility index (Phi) is 4.29. The number of benzene rings is 2. The van der Waals surface area contributed by atoms with Gasteiger partial charge < -0.3 is 10.5 Å². The number of hydrogen-bond acceptors (Lipinski definition) is 4. The van der Waals surface area contributed by atoms with E-state index in [0.717, 1.165) is 5.69 Å². The van der Waals surface area contributed by atoms with Gasteiger partial charge in [0.25, 0.3) is 0 Å². The highest BCUT2D eigenvalue weighted by Crippen LogP contribution is 2.31. The SMILES string of the molecule is C=CCOc1cc(N)ccc1N=Nc1ccccc1. The summed E-state index contributed by atoms with van der Waals surface area (Å²) in [6, 6.07) is 14.8. The Balaban J connectivity index is 2.23. The molecular weight excluding hydrogens is 238 g/mol. The molecule has 0 aromatic heterocycles. The van der Waals surface area contributed by atoms with Crippen LogP contribution in [0.1, 0.15) is 0 Å². The van der Waals surface area contributed by atoms with Crippen LogP contribution >= 0.6 is 0 Å². The van der Waals surface area contributed by atoms with Gasteiger partial charge in [-0.3, -0.25) is 0 Å². The molecule has 0 unspecified atom stereocenters. The first-order chi connectivity index (χ1) is 9.29. The minimum atomic E-state index is 0.400. The van der Waals surface area contributed by atoms with E-state index >= 15 is 0 Å². The van der Waals surface area contributed by atoms with Gasteiger partial charge in [-0.1, -0.05) is 30.9 Å². The van der Waals surface area contributed by atoms with Crippen LogP contribution < -0.4 is 10.5 Å². The highest BCUT2D eigenvalue weighted by atomic mass is 16.5. The minimum absolute atomic E-state index is 0.400. The lowest BCUT2D eigenvalue weighted by atomic mass is 10.2. The molecule has 0 aliphatic heterocycles. The van der Waals surface area contributed by atoms with E-state index in [1.54, 1.807) is 24.3 Å². The van der Waals surface area contributed by atoms with Crippen molar-refractivity contribution in [1.82, 2.24) is 0 Å². The topological polar surface area (TPSA) is 60.0 Å². The van der Waals surface area contributed by atoms with Crippen LogP contribution in [-0.4, -0.2) is 6.61 Å². The maximum Gasteiger partial charge on any atom is 0.149 e. The molecule has 0 amide bonds. The first-order valence-electron chi connectivity index (χ1n) is 5.89. The van der Waals surface area contributed by atoms with E-state index in [2.05, 4.69) is 16.8 Å². The van der Waals surface area contributed by atoms with E-state index in [9.17, 15) is 0 Å². The van der Waals surface area contributed by atoms with Crippen LogP contribution in [0.3, 0.4) is 0 Å². The van der Waals surface area contributed by atoms with Gasteiger partial charge >= 0.3 is 0 Å². The van der Waals surface area contributed by atoms with Gasteiger partial charge in [0.2, 0.25) is 0 Å². The fourth-order valence-electron chi connectivity index (χ4n) is 1.48. The van der Waals surface area contributed by atoms with E-state index in [1.807, 2.05) is 30.3 Å². The number of hydrogen-bond donors (Lipinski definition) is 1. The Bertz CT molecular complexity index is 579. The summed E-state index contributed by atoms with van der Waals surface area (Å²) < 4.78 is 5.50. The van der Waals surface area contributed by atoms with E-state index in [-0.39, 0.29) is 0 Å². The third kappa shape index (κ3) is 3.67. The summed E-state index contributed by atoms with van der Waals surface area (Å²) >= 11 is 0.